The van der Waals surface area contributed by atoms with Gasteiger partial charge in [-0.2, -0.15) is 0 Å². The van der Waals surface area contributed by atoms with E-state index in [9.17, 15) is 19.2 Å². The van der Waals surface area contributed by atoms with Crippen molar-refractivity contribution in [2.24, 2.45) is 17.6 Å². The SMILES string of the molecule is CCC(=O)N[C@@H](Cc1ccc2ccccc2c1)C(=O)N[C@H](C(=O)C[C@@H](CCCCN)C(=O)NC(c1ccccc1)c1ccccc1)C1CCCCC1. The quantitative estimate of drug-likeness (QED) is 0.0834. The van der Waals surface area contributed by atoms with Crippen LogP contribution in [0.25, 0.3) is 10.8 Å². The Hall–Kier alpha value is -4.82. The summed E-state index contributed by atoms with van der Waals surface area (Å²) in [6.07, 6.45) is 7.18. The second kappa shape index (κ2) is 19.7. The van der Waals surface area contributed by atoms with Crippen molar-refractivity contribution in [2.75, 3.05) is 6.54 Å². The fraction of sp³-hybridized carbons (Fsp3) is 0.409. The number of nitrogens with two attached hydrogens (primary N) is 1. The number of hydrogen-bond acceptors (Lipinski definition) is 5. The van der Waals surface area contributed by atoms with Gasteiger partial charge in [0.1, 0.15) is 6.04 Å². The zero-order chi connectivity index (χ0) is 36.7. The maximum Gasteiger partial charge on any atom is 0.243 e. The van der Waals surface area contributed by atoms with E-state index < -0.39 is 18.0 Å². The molecule has 5 N–H and O–H groups in total. The first-order valence-electron chi connectivity index (χ1n) is 19.1. The maximum atomic E-state index is 14.5. The zero-order valence-corrected chi connectivity index (χ0v) is 30.4. The van der Waals surface area contributed by atoms with Crippen molar-refractivity contribution < 1.29 is 19.2 Å². The Bertz CT molecular complexity index is 1720. The van der Waals surface area contributed by atoms with Gasteiger partial charge < -0.3 is 21.7 Å². The number of amides is 3. The number of carbonyl (C=O) groups excluding carboxylic acids is 4. The number of nitrogens with one attached hydrogen (secondary N) is 3. The third-order valence-electron chi connectivity index (χ3n) is 10.4. The number of ketones is 1. The van der Waals surface area contributed by atoms with E-state index in [1.165, 1.54) is 0 Å². The molecule has 0 aromatic heterocycles. The summed E-state index contributed by atoms with van der Waals surface area (Å²) in [5, 5.41) is 11.5. The molecule has 274 valence electrons. The van der Waals surface area contributed by atoms with E-state index in [4.69, 9.17) is 5.73 Å². The van der Waals surface area contributed by atoms with Gasteiger partial charge in [0.15, 0.2) is 5.78 Å². The average molecular weight is 703 g/mol. The predicted octanol–water partition coefficient (Wildman–Crippen LogP) is 6.95. The molecule has 0 heterocycles. The molecule has 0 unspecified atom stereocenters. The lowest BCUT2D eigenvalue weighted by Gasteiger charge is -2.32. The second-order valence-corrected chi connectivity index (χ2v) is 14.2. The summed E-state index contributed by atoms with van der Waals surface area (Å²) in [5.74, 6) is -1.58. The van der Waals surface area contributed by atoms with Crippen molar-refractivity contribution in [3.05, 3.63) is 120 Å². The van der Waals surface area contributed by atoms with Crippen LogP contribution in [0.1, 0.15) is 93.9 Å². The summed E-state index contributed by atoms with van der Waals surface area (Å²) in [5.41, 5.74) is 8.66. The smallest absolute Gasteiger partial charge is 0.243 e. The summed E-state index contributed by atoms with van der Waals surface area (Å²) < 4.78 is 0. The normalized spacial score (nSPS) is 15.1. The highest BCUT2D eigenvalue weighted by Gasteiger charge is 2.36. The van der Waals surface area contributed by atoms with Gasteiger partial charge in [-0.15, -0.1) is 0 Å². The van der Waals surface area contributed by atoms with Gasteiger partial charge in [0.25, 0.3) is 0 Å². The molecule has 1 aliphatic carbocycles. The van der Waals surface area contributed by atoms with E-state index in [0.29, 0.717) is 25.8 Å². The topological polar surface area (TPSA) is 130 Å². The minimum atomic E-state index is -0.853. The molecule has 1 aliphatic rings. The molecule has 0 bridgehead atoms. The number of benzene rings is 4. The Morgan fingerprint density at radius 3 is 1.98 bits per heavy atom. The fourth-order valence-electron chi connectivity index (χ4n) is 7.43. The largest absolute Gasteiger partial charge is 0.345 e. The first kappa shape index (κ1) is 38.4. The van der Waals surface area contributed by atoms with Crippen molar-refractivity contribution in [2.45, 2.75) is 95.7 Å². The molecule has 52 heavy (non-hydrogen) atoms. The first-order valence-corrected chi connectivity index (χ1v) is 19.1. The van der Waals surface area contributed by atoms with Gasteiger partial charge in [-0.1, -0.05) is 136 Å². The van der Waals surface area contributed by atoms with E-state index in [1.807, 2.05) is 103 Å². The lowest BCUT2D eigenvalue weighted by atomic mass is 9.80. The highest BCUT2D eigenvalue weighted by atomic mass is 16.2. The average Bonchev–Trinajstić information content (AvgIpc) is 3.19. The highest BCUT2D eigenvalue weighted by Crippen LogP contribution is 2.30. The highest BCUT2D eigenvalue weighted by molar-refractivity contribution is 5.95. The molecule has 4 aromatic rings. The van der Waals surface area contributed by atoms with Crippen molar-refractivity contribution in [1.29, 1.82) is 0 Å². The molecule has 0 radical (unpaired) electrons. The lowest BCUT2D eigenvalue weighted by molar-refractivity contribution is -0.134. The van der Waals surface area contributed by atoms with E-state index in [2.05, 4.69) is 16.0 Å². The third-order valence-corrected chi connectivity index (χ3v) is 10.4. The Morgan fingerprint density at radius 2 is 1.35 bits per heavy atom. The number of Topliss-reactive ketones (excluding diaryl/α,β-unsaturated/α-hetero) is 1. The summed E-state index contributed by atoms with van der Waals surface area (Å²) in [4.78, 5) is 55.4. The minimum Gasteiger partial charge on any atom is -0.345 e. The number of carbonyl (C=O) groups is 4. The van der Waals surface area contributed by atoms with Crippen molar-refractivity contribution in [1.82, 2.24) is 16.0 Å². The molecule has 4 aromatic carbocycles. The zero-order valence-electron chi connectivity index (χ0n) is 30.4. The van der Waals surface area contributed by atoms with Crippen LogP contribution in [0.3, 0.4) is 0 Å². The molecule has 0 saturated heterocycles. The molecule has 1 fully saturated rings. The lowest BCUT2D eigenvalue weighted by Crippen LogP contribution is -2.55. The van der Waals surface area contributed by atoms with Crippen LogP contribution in [-0.2, 0) is 25.6 Å². The molecular formula is C44H54N4O4. The Labute approximate surface area is 308 Å². The minimum absolute atomic E-state index is 0.00477. The van der Waals surface area contributed by atoms with Gasteiger partial charge in [-0.3, -0.25) is 19.2 Å². The maximum absolute atomic E-state index is 14.5. The van der Waals surface area contributed by atoms with Gasteiger partial charge in [0.05, 0.1) is 12.1 Å². The fourth-order valence-corrected chi connectivity index (χ4v) is 7.43. The van der Waals surface area contributed by atoms with Gasteiger partial charge in [0, 0.05) is 25.2 Å². The molecule has 8 nitrogen and oxygen atoms in total. The molecule has 3 atom stereocenters. The van der Waals surface area contributed by atoms with Crippen LogP contribution >= 0.6 is 0 Å². The number of rotatable bonds is 18. The van der Waals surface area contributed by atoms with Gasteiger partial charge in [0.2, 0.25) is 17.7 Å². The summed E-state index contributed by atoms with van der Waals surface area (Å²) >= 11 is 0. The molecule has 3 amide bonds. The predicted molar refractivity (Wildman–Crippen MR) is 207 cm³/mol. The van der Waals surface area contributed by atoms with Crippen LogP contribution < -0.4 is 21.7 Å². The van der Waals surface area contributed by atoms with Crippen LogP contribution in [0.2, 0.25) is 0 Å². The van der Waals surface area contributed by atoms with Crippen molar-refractivity contribution in [3.63, 3.8) is 0 Å². The van der Waals surface area contributed by atoms with Crippen molar-refractivity contribution in [3.8, 4) is 0 Å². The van der Waals surface area contributed by atoms with E-state index in [1.54, 1.807) is 6.92 Å². The summed E-state index contributed by atoms with van der Waals surface area (Å²) in [6, 6.07) is 31.7. The van der Waals surface area contributed by atoms with Crippen LogP contribution in [-0.4, -0.2) is 42.1 Å². The number of unbranched alkanes of at least 4 members (excludes halogenated alkanes) is 1. The van der Waals surface area contributed by atoms with Crippen molar-refractivity contribution >= 4 is 34.3 Å². The Balaban J connectivity index is 1.37. The summed E-state index contributed by atoms with van der Waals surface area (Å²) in [7, 11) is 0. The van der Waals surface area contributed by atoms with E-state index >= 15 is 0 Å². The third kappa shape index (κ3) is 10.8. The van der Waals surface area contributed by atoms with Gasteiger partial charge >= 0.3 is 0 Å². The van der Waals surface area contributed by atoms with Gasteiger partial charge in [-0.25, -0.2) is 0 Å². The molecule has 5 rings (SSSR count). The monoisotopic (exact) mass is 702 g/mol. The van der Waals surface area contributed by atoms with E-state index in [-0.39, 0.29) is 48.3 Å². The molecule has 0 aliphatic heterocycles. The number of hydrogen-bond donors (Lipinski definition) is 4. The second-order valence-electron chi connectivity index (χ2n) is 14.2. The first-order chi connectivity index (χ1) is 25.4. The van der Waals surface area contributed by atoms with Crippen LogP contribution in [0.5, 0.6) is 0 Å². The van der Waals surface area contributed by atoms with Crippen LogP contribution in [0.4, 0.5) is 0 Å². The molecular weight excluding hydrogens is 649 g/mol. The Kier molecular flexibility index (Phi) is 14.5. The van der Waals surface area contributed by atoms with Crippen LogP contribution in [0, 0.1) is 11.8 Å². The number of fused-ring (bicyclic) bond motifs is 1. The van der Waals surface area contributed by atoms with Crippen LogP contribution in [0.15, 0.2) is 103 Å². The molecule has 1 saturated carbocycles. The van der Waals surface area contributed by atoms with Gasteiger partial charge in [-0.05, 0) is 65.6 Å². The summed E-state index contributed by atoms with van der Waals surface area (Å²) in [6.45, 7) is 2.26. The standard InChI is InChI=1S/C44H54N4O4/c1-2-40(50)46-38(29-31-25-26-32-16-12-13-23-36(32)28-31)44(52)48-42(35-21-10-5-11-22-35)39(49)30-37(24-14-15-27-45)43(51)47-41(33-17-6-3-7-18-33)34-19-8-4-9-20-34/h3-4,6-9,12-13,16-20,23,25-26,28,35,37-38,41-42H,2,5,10-11,14-15,21-22,24,27,29-30,45H2,1H3,(H,46,50)(H,47,51)(H,48,52)/t37-,38+,42+/m1/s1. The van der Waals surface area contributed by atoms with E-state index in [0.717, 1.165) is 66.0 Å². The Morgan fingerprint density at radius 1 is 0.712 bits per heavy atom. The molecule has 8 heteroatoms. The molecule has 0 spiro atoms.